The number of pyridine rings is 1. The highest BCUT2D eigenvalue weighted by molar-refractivity contribution is 6.00. The van der Waals surface area contributed by atoms with Crippen LogP contribution in [0.3, 0.4) is 0 Å². The third-order valence-electron chi connectivity index (χ3n) is 4.43. The molecule has 0 aliphatic carbocycles. The van der Waals surface area contributed by atoms with Crippen LogP contribution in [0.15, 0.2) is 59.3 Å². The zero-order chi connectivity index (χ0) is 19.5. The van der Waals surface area contributed by atoms with Crippen LogP contribution in [0.5, 0.6) is 0 Å². The van der Waals surface area contributed by atoms with E-state index in [2.05, 4.69) is 20.4 Å². The number of hydrogen-bond donors (Lipinski definition) is 1. The number of nitrogens with one attached hydrogen (secondary N) is 1. The lowest BCUT2D eigenvalue weighted by atomic mass is 10.1. The summed E-state index contributed by atoms with van der Waals surface area (Å²) in [5.74, 6) is 0.861. The van der Waals surface area contributed by atoms with Gasteiger partial charge in [0.2, 0.25) is 17.6 Å². The summed E-state index contributed by atoms with van der Waals surface area (Å²) in [6.45, 7) is 4.01. The summed E-state index contributed by atoms with van der Waals surface area (Å²) in [6, 6.07) is 15.7. The molecule has 0 bridgehead atoms. The maximum absolute atomic E-state index is 12.4. The molecule has 0 unspecified atom stereocenters. The van der Waals surface area contributed by atoms with Crippen LogP contribution in [-0.4, -0.2) is 21.0 Å². The van der Waals surface area contributed by atoms with E-state index in [-0.39, 0.29) is 12.3 Å². The van der Waals surface area contributed by atoms with Gasteiger partial charge in [0.15, 0.2) is 0 Å². The van der Waals surface area contributed by atoms with E-state index in [1.807, 2.05) is 62.4 Å². The van der Waals surface area contributed by atoms with Gasteiger partial charge < -0.3 is 9.84 Å². The Balaban J connectivity index is 1.43. The standard InChI is InChI=1S/C22H20N4O2/c1-14-5-3-6-17(11-14)22-25-20(28-26-22)9-8-19(27)24-18-13-15(2)12-16-7-4-10-23-21(16)18/h3-7,10-13H,8-9H2,1-2H3,(H,24,27). The van der Waals surface area contributed by atoms with E-state index in [1.165, 1.54) is 0 Å². The van der Waals surface area contributed by atoms with Crippen molar-refractivity contribution in [3.05, 3.63) is 71.7 Å². The van der Waals surface area contributed by atoms with E-state index in [9.17, 15) is 4.79 Å². The Morgan fingerprint density at radius 2 is 1.96 bits per heavy atom. The molecule has 0 aliphatic rings. The summed E-state index contributed by atoms with van der Waals surface area (Å²) in [7, 11) is 0. The molecule has 0 atom stereocenters. The topological polar surface area (TPSA) is 80.9 Å². The van der Waals surface area contributed by atoms with Crippen molar-refractivity contribution in [1.82, 2.24) is 15.1 Å². The Morgan fingerprint density at radius 1 is 1.07 bits per heavy atom. The normalized spacial score (nSPS) is 10.9. The molecule has 0 saturated carbocycles. The van der Waals surface area contributed by atoms with Gasteiger partial charge in [-0.3, -0.25) is 9.78 Å². The molecule has 2 aromatic carbocycles. The van der Waals surface area contributed by atoms with Crippen molar-refractivity contribution in [1.29, 1.82) is 0 Å². The lowest BCUT2D eigenvalue weighted by Gasteiger charge is -2.09. The van der Waals surface area contributed by atoms with Gasteiger partial charge in [0.1, 0.15) is 0 Å². The summed E-state index contributed by atoms with van der Waals surface area (Å²) in [4.78, 5) is 21.2. The monoisotopic (exact) mass is 372 g/mol. The molecule has 1 N–H and O–H groups in total. The minimum atomic E-state index is -0.118. The molecule has 6 nitrogen and oxygen atoms in total. The fourth-order valence-electron chi connectivity index (χ4n) is 3.13. The number of benzene rings is 2. The highest BCUT2D eigenvalue weighted by Gasteiger charge is 2.12. The molecule has 4 rings (SSSR count). The van der Waals surface area contributed by atoms with Crippen molar-refractivity contribution in [2.24, 2.45) is 0 Å². The number of amides is 1. The Kier molecular flexibility index (Phi) is 4.85. The van der Waals surface area contributed by atoms with E-state index in [0.717, 1.165) is 27.6 Å². The fourth-order valence-corrected chi connectivity index (χ4v) is 3.13. The predicted octanol–water partition coefficient (Wildman–Crippen LogP) is 4.47. The molecular weight excluding hydrogens is 352 g/mol. The second kappa shape index (κ2) is 7.60. The summed E-state index contributed by atoms with van der Waals surface area (Å²) < 4.78 is 5.30. The van der Waals surface area contributed by atoms with Gasteiger partial charge in [-0.25, -0.2) is 0 Å². The number of rotatable bonds is 5. The summed E-state index contributed by atoms with van der Waals surface area (Å²) >= 11 is 0. The smallest absolute Gasteiger partial charge is 0.227 e. The van der Waals surface area contributed by atoms with Gasteiger partial charge in [-0.2, -0.15) is 4.98 Å². The maximum atomic E-state index is 12.4. The van der Waals surface area contributed by atoms with Crippen LogP contribution in [0.25, 0.3) is 22.3 Å². The number of aryl methyl sites for hydroxylation is 3. The van der Waals surface area contributed by atoms with E-state index < -0.39 is 0 Å². The van der Waals surface area contributed by atoms with Gasteiger partial charge in [-0.05, 0) is 43.7 Å². The number of fused-ring (bicyclic) bond motifs is 1. The van der Waals surface area contributed by atoms with Crippen LogP contribution < -0.4 is 5.32 Å². The second-order valence-electron chi connectivity index (χ2n) is 6.82. The highest BCUT2D eigenvalue weighted by Crippen LogP contribution is 2.23. The van der Waals surface area contributed by atoms with Crippen LogP contribution in [-0.2, 0) is 11.2 Å². The number of aromatic nitrogens is 3. The van der Waals surface area contributed by atoms with Gasteiger partial charge in [0, 0.05) is 30.0 Å². The van der Waals surface area contributed by atoms with E-state index in [0.29, 0.717) is 23.8 Å². The number of carbonyl (C=O) groups excluding carboxylic acids is 1. The Bertz CT molecular complexity index is 1150. The minimum Gasteiger partial charge on any atom is -0.339 e. The van der Waals surface area contributed by atoms with Crippen molar-refractivity contribution in [2.75, 3.05) is 5.32 Å². The van der Waals surface area contributed by atoms with E-state index in [1.54, 1.807) is 6.20 Å². The number of nitrogens with zero attached hydrogens (tertiary/aromatic N) is 3. The Hall–Kier alpha value is -3.54. The maximum Gasteiger partial charge on any atom is 0.227 e. The number of hydrogen-bond acceptors (Lipinski definition) is 5. The molecule has 0 aliphatic heterocycles. The van der Waals surface area contributed by atoms with Gasteiger partial charge in [-0.15, -0.1) is 0 Å². The van der Waals surface area contributed by atoms with Crippen molar-refractivity contribution in [3.63, 3.8) is 0 Å². The largest absolute Gasteiger partial charge is 0.339 e. The summed E-state index contributed by atoms with van der Waals surface area (Å²) in [5, 5.41) is 7.96. The zero-order valence-electron chi connectivity index (χ0n) is 15.8. The van der Waals surface area contributed by atoms with E-state index >= 15 is 0 Å². The van der Waals surface area contributed by atoms with E-state index in [4.69, 9.17) is 4.52 Å². The first-order valence-electron chi connectivity index (χ1n) is 9.13. The minimum absolute atomic E-state index is 0.118. The molecular formula is C22H20N4O2. The molecule has 0 fully saturated rings. The average Bonchev–Trinajstić information content (AvgIpc) is 3.15. The van der Waals surface area contributed by atoms with Gasteiger partial charge in [0.05, 0.1) is 11.2 Å². The lowest BCUT2D eigenvalue weighted by Crippen LogP contribution is -2.13. The van der Waals surface area contributed by atoms with Crippen LogP contribution in [0.2, 0.25) is 0 Å². The Morgan fingerprint density at radius 3 is 2.82 bits per heavy atom. The molecule has 2 aromatic heterocycles. The summed E-state index contributed by atoms with van der Waals surface area (Å²) in [6.07, 6.45) is 2.35. The van der Waals surface area contributed by atoms with Gasteiger partial charge >= 0.3 is 0 Å². The van der Waals surface area contributed by atoms with Crippen LogP contribution >= 0.6 is 0 Å². The first-order chi connectivity index (χ1) is 13.6. The first kappa shape index (κ1) is 17.9. The van der Waals surface area contributed by atoms with Crippen molar-refractivity contribution < 1.29 is 9.32 Å². The molecule has 6 heteroatoms. The zero-order valence-corrected chi connectivity index (χ0v) is 15.8. The van der Waals surface area contributed by atoms with Crippen LogP contribution in [0.1, 0.15) is 23.4 Å². The van der Waals surface area contributed by atoms with Crippen molar-refractivity contribution >= 4 is 22.5 Å². The van der Waals surface area contributed by atoms with Crippen molar-refractivity contribution in [3.8, 4) is 11.4 Å². The molecule has 0 saturated heterocycles. The molecule has 2 heterocycles. The molecule has 0 spiro atoms. The van der Waals surface area contributed by atoms with Crippen LogP contribution in [0.4, 0.5) is 5.69 Å². The van der Waals surface area contributed by atoms with Crippen molar-refractivity contribution in [2.45, 2.75) is 26.7 Å². The SMILES string of the molecule is Cc1cccc(-c2noc(CCC(=O)Nc3cc(C)cc4cccnc34)n2)c1. The highest BCUT2D eigenvalue weighted by atomic mass is 16.5. The molecule has 4 aromatic rings. The molecule has 1 amide bonds. The first-order valence-corrected chi connectivity index (χ1v) is 9.13. The number of carbonyl (C=O) groups is 1. The molecule has 0 radical (unpaired) electrons. The third kappa shape index (κ3) is 3.91. The average molecular weight is 372 g/mol. The van der Waals surface area contributed by atoms with Gasteiger partial charge in [-0.1, -0.05) is 35.0 Å². The fraction of sp³-hybridized carbons (Fsp3) is 0.182. The lowest BCUT2D eigenvalue weighted by molar-refractivity contribution is -0.116. The Labute approximate surface area is 162 Å². The van der Waals surface area contributed by atoms with Crippen LogP contribution in [0, 0.1) is 13.8 Å². The quantitative estimate of drug-likeness (QED) is 0.559. The predicted molar refractivity (Wildman–Crippen MR) is 108 cm³/mol. The summed E-state index contributed by atoms with van der Waals surface area (Å²) in [5.41, 5.74) is 4.59. The second-order valence-corrected chi connectivity index (χ2v) is 6.82. The third-order valence-corrected chi connectivity index (χ3v) is 4.43. The number of anilines is 1. The molecule has 140 valence electrons. The van der Waals surface area contributed by atoms with Gasteiger partial charge in [0.25, 0.3) is 0 Å². The molecule has 28 heavy (non-hydrogen) atoms.